The first-order chi connectivity index (χ1) is 11.1. The molecule has 2 aliphatic rings. The van der Waals surface area contributed by atoms with E-state index in [1.165, 1.54) is 5.69 Å². The van der Waals surface area contributed by atoms with Crippen molar-refractivity contribution in [1.29, 1.82) is 0 Å². The molecule has 2 fully saturated rings. The number of para-hydroxylation sites is 1. The van der Waals surface area contributed by atoms with E-state index in [1.54, 1.807) is 0 Å². The highest BCUT2D eigenvalue weighted by molar-refractivity contribution is 5.85. The lowest BCUT2D eigenvalue weighted by Gasteiger charge is -2.37. The van der Waals surface area contributed by atoms with E-state index in [0.29, 0.717) is 5.92 Å². The number of benzene rings is 1. The first-order valence-corrected chi connectivity index (χ1v) is 8.93. The van der Waals surface area contributed by atoms with Gasteiger partial charge in [-0.05, 0) is 44.2 Å². The third kappa shape index (κ3) is 5.50. The zero-order valence-corrected chi connectivity index (χ0v) is 16.6. The Kier molecular flexibility index (Phi) is 8.52. The number of rotatable bonds is 4. The molecule has 142 valence electrons. The van der Waals surface area contributed by atoms with Crippen molar-refractivity contribution in [3.05, 3.63) is 30.3 Å². The topological polar surface area (TPSA) is 58.4 Å². The van der Waals surface area contributed by atoms with Crippen LogP contribution in [0.4, 0.5) is 5.69 Å². The van der Waals surface area contributed by atoms with Crippen LogP contribution in [0.15, 0.2) is 30.3 Å². The van der Waals surface area contributed by atoms with Gasteiger partial charge in [-0.2, -0.15) is 0 Å². The summed E-state index contributed by atoms with van der Waals surface area (Å²) in [5.41, 5.74) is 7.28. The molecule has 3 rings (SSSR count). The summed E-state index contributed by atoms with van der Waals surface area (Å²) >= 11 is 0. The maximum atomic E-state index is 12.5. The van der Waals surface area contributed by atoms with Gasteiger partial charge in [0.25, 0.3) is 0 Å². The van der Waals surface area contributed by atoms with Crippen LogP contribution in [-0.4, -0.2) is 31.1 Å². The fourth-order valence-electron chi connectivity index (χ4n) is 4.03. The van der Waals surface area contributed by atoms with Gasteiger partial charge in [0.05, 0.1) is 5.92 Å². The minimum Gasteiger partial charge on any atom is -0.371 e. The van der Waals surface area contributed by atoms with Crippen LogP contribution in [0.1, 0.15) is 39.0 Å². The predicted octanol–water partition coefficient (Wildman–Crippen LogP) is 3.38. The number of hydrogen-bond acceptors (Lipinski definition) is 3. The second-order valence-electron chi connectivity index (χ2n) is 7.49. The third-order valence-electron chi connectivity index (χ3n) is 5.54. The molecule has 1 saturated heterocycles. The van der Waals surface area contributed by atoms with Crippen molar-refractivity contribution in [3.63, 3.8) is 0 Å². The number of carbonyl (C=O) groups excluding carboxylic acids is 1. The molecule has 6 heteroatoms. The lowest BCUT2D eigenvalue weighted by Crippen LogP contribution is -2.53. The number of nitrogens with one attached hydrogen (secondary N) is 1. The maximum absolute atomic E-state index is 12.5. The van der Waals surface area contributed by atoms with E-state index >= 15 is 0 Å². The number of amides is 1. The molecular formula is C19H31Cl2N3O. The molecule has 1 saturated carbocycles. The van der Waals surface area contributed by atoms with E-state index in [-0.39, 0.29) is 42.2 Å². The first-order valence-electron chi connectivity index (χ1n) is 8.93. The molecule has 1 amide bonds. The largest absolute Gasteiger partial charge is 0.371 e. The van der Waals surface area contributed by atoms with Gasteiger partial charge >= 0.3 is 0 Å². The van der Waals surface area contributed by atoms with Crippen molar-refractivity contribution < 1.29 is 4.79 Å². The van der Waals surface area contributed by atoms with Gasteiger partial charge in [0, 0.05) is 30.9 Å². The molecule has 0 aromatic heterocycles. The fraction of sp³-hybridized carbons (Fsp3) is 0.632. The van der Waals surface area contributed by atoms with Crippen LogP contribution < -0.4 is 16.0 Å². The summed E-state index contributed by atoms with van der Waals surface area (Å²) in [4.78, 5) is 14.9. The summed E-state index contributed by atoms with van der Waals surface area (Å²) in [5.74, 6) is 0.669. The molecular weight excluding hydrogens is 357 g/mol. The number of nitrogens with zero attached hydrogens (tertiary/aromatic N) is 1. The molecule has 1 aromatic carbocycles. The van der Waals surface area contributed by atoms with Crippen molar-refractivity contribution in [1.82, 2.24) is 5.32 Å². The second-order valence-corrected chi connectivity index (χ2v) is 7.49. The molecule has 1 aromatic rings. The standard InChI is InChI=1S/C19H29N3O.2ClH/c1-19(20)11-6-5-9-17(19)18(23)21-13-15-10-12-22(14-15)16-7-3-2-4-8-16;;/h2-4,7-8,15,17H,5-6,9-14,20H2,1H3,(H,21,23);2*1H. The van der Waals surface area contributed by atoms with E-state index in [1.807, 2.05) is 13.0 Å². The van der Waals surface area contributed by atoms with Gasteiger partial charge in [-0.25, -0.2) is 0 Å². The molecule has 0 spiro atoms. The van der Waals surface area contributed by atoms with Crippen LogP contribution in [0, 0.1) is 11.8 Å². The summed E-state index contributed by atoms with van der Waals surface area (Å²) in [6.45, 7) is 4.90. The van der Waals surface area contributed by atoms with Crippen LogP contribution >= 0.6 is 24.8 Å². The lowest BCUT2D eigenvalue weighted by atomic mass is 9.74. The molecule has 3 N–H and O–H groups in total. The van der Waals surface area contributed by atoms with Gasteiger partial charge in [0.1, 0.15) is 0 Å². The molecule has 1 aliphatic heterocycles. The van der Waals surface area contributed by atoms with Crippen molar-refractivity contribution >= 4 is 36.4 Å². The summed E-state index contributed by atoms with van der Waals surface area (Å²) in [6, 6.07) is 10.5. The summed E-state index contributed by atoms with van der Waals surface area (Å²) in [6.07, 6.45) is 5.29. The van der Waals surface area contributed by atoms with Crippen LogP contribution in [-0.2, 0) is 4.79 Å². The van der Waals surface area contributed by atoms with Gasteiger partial charge in [0.2, 0.25) is 5.91 Å². The van der Waals surface area contributed by atoms with Gasteiger partial charge in [0.15, 0.2) is 0 Å². The van der Waals surface area contributed by atoms with Crippen LogP contribution in [0.25, 0.3) is 0 Å². The third-order valence-corrected chi connectivity index (χ3v) is 5.54. The van der Waals surface area contributed by atoms with Crippen LogP contribution in [0.2, 0.25) is 0 Å². The Morgan fingerprint density at radius 3 is 2.64 bits per heavy atom. The Morgan fingerprint density at radius 1 is 1.24 bits per heavy atom. The monoisotopic (exact) mass is 387 g/mol. The van der Waals surface area contributed by atoms with Crippen molar-refractivity contribution in [2.24, 2.45) is 17.6 Å². The number of nitrogens with two attached hydrogens (primary N) is 1. The molecule has 25 heavy (non-hydrogen) atoms. The lowest BCUT2D eigenvalue weighted by molar-refractivity contribution is -0.128. The van der Waals surface area contributed by atoms with Crippen LogP contribution in [0.5, 0.6) is 0 Å². The number of anilines is 1. The zero-order chi connectivity index (χ0) is 16.3. The number of carbonyl (C=O) groups is 1. The SMILES string of the molecule is CC1(N)CCCCC1C(=O)NCC1CCN(c2ccccc2)C1.Cl.Cl. The molecule has 1 aliphatic carbocycles. The minimum atomic E-state index is -0.339. The second kappa shape index (κ2) is 9.65. The van der Waals surface area contributed by atoms with Crippen molar-refractivity contribution in [3.8, 4) is 0 Å². The summed E-state index contributed by atoms with van der Waals surface area (Å²) in [7, 11) is 0. The smallest absolute Gasteiger partial charge is 0.224 e. The molecule has 3 atom stereocenters. The highest BCUT2D eigenvalue weighted by Gasteiger charge is 2.38. The zero-order valence-electron chi connectivity index (χ0n) is 14.9. The fourth-order valence-corrected chi connectivity index (χ4v) is 4.03. The van der Waals surface area contributed by atoms with E-state index in [0.717, 1.165) is 51.7 Å². The van der Waals surface area contributed by atoms with E-state index in [9.17, 15) is 4.79 Å². The van der Waals surface area contributed by atoms with Gasteiger partial charge in [-0.15, -0.1) is 24.8 Å². The van der Waals surface area contributed by atoms with Gasteiger partial charge in [-0.1, -0.05) is 31.0 Å². The predicted molar refractivity (Wildman–Crippen MR) is 109 cm³/mol. The van der Waals surface area contributed by atoms with Crippen LogP contribution in [0.3, 0.4) is 0 Å². The summed E-state index contributed by atoms with van der Waals surface area (Å²) < 4.78 is 0. The van der Waals surface area contributed by atoms with Crippen molar-refractivity contribution in [2.75, 3.05) is 24.5 Å². The Bertz CT molecular complexity index is 539. The van der Waals surface area contributed by atoms with Crippen molar-refractivity contribution in [2.45, 2.75) is 44.6 Å². The Hall–Kier alpha value is -0.970. The average molecular weight is 388 g/mol. The number of hydrogen-bond donors (Lipinski definition) is 2. The Morgan fingerprint density at radius 2 is 1.96 bits per heavy atom. The van der Waals surface area contributed by atoms with Gasteiger partial charge < -0.3 is 16.0 Å². The first kappa shape index (κ1) is 22.1. The molecule has 4 nitrogen and oxygen atoms in total. The average Bonchev–Trinajstić information content (AvgIpc) is 3.02. The molecule has 3 unspecified atom stereocenters. The molecule has 0 radical (unpaired) electrons. The maximum Gasteiger partial charge on any atom is 0.224 e. The summed E-state index contributed by atoms with van der Waals surface area (Å²) in [5, 5.41) is 3.18. The highest BCUT2D eigenvalue weighted by Crippen LogP contribution is 2.31. The highest BCUT2D eigenvalue weighted by atomic mass is 35.5. The molecule has 1 heterocycles. The minimum absolute atomic E-state index is 0. The normalized spacial score (nSPS) is 28.6. The Balaban J connectivity index is 0.00000156. The van der Waals surface area contributed by atoms with E-state index in [2.05, 4.69) is 34.5 Å². The Labute approximate surface area is 163 Å². The quantitative estimate of drug-likeness (QED) is 0.832. The van der Waals surface area contributed by atoms with E-state index in [4.69, 9.17) is 5.73 Å². The number of halogens is 2. The molecule has 0 bridgehead atoms. The van der Waals surface area contributed by atoms with Gasteiger partial charge in [-0.3, -0.25) is 4.79 Å². The van der Waals surface area contributed by atoms with E-state index < -0.39 is 0 Å².